The molecule has 0 aliphatic carbocycles. The van der Waals surface area contributed by atoms with E-state index in [1.807, 2.05) is 6.07 Å². The Bertz CT molecular complexity index is 816. The summed E-state index contributed by atoms with van der Waals surface area (Å²) >= 11 is 0. The van der Waals surface area contributed by atoms with Crippen molar-refractivity contribution in [3.63, 3.8) is 0 Å². The second-order valence-electron chi connectivity index (χ2n) is 4.73. The van der Waals surface area contributed by atoms with E-state index in [9.17, 15) is 20.2 Å². The van der Waals surface area contributed by atoms with E-state index < -0.39 is 9.85 Å². The summed E-state index contributed by atoms with van der Waals surface area (Å²) in [5, 5.41) is 36.6. The monoisotopic (exact) mass is 327 g/mol. The van der Waals surface area contributed by atoms with Gasteiger partial charge in [0.15, 0.2) is 0 Å². The molecule has 122 valence electrons. The number of para-hydroxylation sites is 2. The van der Waals surface area contributed by atoms with Crippen molar-refractivity contribution < 1.29 is 9.85 Å². The van der Waals surface area contributed by atoms with Gasteiger partial charge >= 0.3 is 0 Å². The fraction of sp³-hybridized carbons (Fsp3) is 0.133. The summed E-state index contributed by atoms with van der Waals surface area (Å²) in [6, 6.07) is 12.1. The Hall–Kier alpha value is -3.67. The molecule has 0 amide bonds. The third-order valence-corrected chi connectivity index (χ3v) is 3.19. The molecule has 0 aliphatic heterocycles. The van der Waals surface area contributed by atoms with Crippen molar-refractivity contribution in [2.45, 2.75) is 0 Å². The van der Waals surface area contributed by atoms with Gasteiger partial charge in [0.25, 0.3) is 11.4 Å². The van der Waals surface area contributed by atoms with Gasteiger partial charge in [0.1, 0.15) is 11.8 Å². The molecule has 0 fully saturated rings. The molecule has 0 bridgehead atoms. The highest BCUT2D eigenvalue weighted by molar-refractivity contribution is 5.62. The number of hydrogen-bond acceptors (Lipinski definition) is 7. The van der Waals surface area contributed by atoms with E-state index in [2.05, 4.69) is 10.6 Å². The molecule has 2 N–H and O–H groups in total. The van der Waals surface area contributed by atoms with Crippen LogP contribution in [0.25, 0.3) is 0 Å². The Morgan fingerprint density at radius 2 is 1.62 bits per heavy atom. The molecule has 0 radical (unpaired) electrons. The number of nitrogens with one attached hydrogen (secondary N) is 2. The van der Waals surface area contributed by atoms with Crippen LogP contribution in [0.15, 0.2) is 42.5 Å². The van der Waals surface area contributed by atoms with Gasteiger partial charge in [-0.3, -0.25) is 20.2 Å². The summed E-state index contributed by atoms with van der Waals surface area (Å²) in [6.07, 6.45) is 0. The van der Waals surface area contributed by atoms with Gasteiger partial charge in [-0.2, -0.15) is 5.26 Å². The van der Waals surface area contributed by atoms with Crippen LogP contribution in [0.5, 0.6) is 0 Å². The first-order valence-corrected chi connectivity index (χ1v) is 6.92. The van der Waals surface area contributed by atoms with Crippen LogP contribution in [-0.2, 0) is 0 Å². The van der Waals surface area contributed by atoms with Crippen molar-refractivity contribution in [3.8, 4) is 6.07 Å². The molecule has 0 spiro atoms. The van der Waals surface area contributed by atoms with Gasteiger partial charge < -0.3 is 10.6 Å². The Kier molecular flexibility index (Phi) is 5.25. The van der Waals surface area contributed by atoms with Gasteiger partial charge in [-0.1, -0.05) is 12.1 Å². The fourth-order valence-electron chi connectivity index (χ4n) is 2.07. The van der Waals surface area contributed by atoms with Gasteiger partial charge in [0.2, 0.25) is 0 Å². The largest absolute Gasteiger partial charge is 0.382 e. The average molecular weight is 327 g/mol. The van der Waals surface area contributed by atoms with Gasteiger partial charge in [0, 0.05) is 31.3 Å². The zero-order valence-electron chi connectivity index (χ0n) is 12.4. The predicted octanol–water partition coefficient (Wildman–Crippen LogP) is 2.90. The summed E-state index contributed by atoms with van der Waals surface area (Å²) in [4.78, 5) is 20.6. The van der Waals surface area contributed by atoms with E-state index in [-0.39, 0.29) is 16.9 Å². The number of non-ortho nitro benzene ring substituents is 1. The maximum Gasteiger partial charge on any atom is 0.292 e. The minimum Gasteiger partial charge on any atom is -0.382 e. The molecule has 0 heterocycles. The van der Waals surface area contributed by atoms with Crippen molar-refractivity contribution in [1.82, 2.24) is 0 Å². The van der Waals surface area contributed by atoms with Crippen molar-refractivity contribution in [3.05, 3.63) is 68.3 Å². The minimum absolute atomic E-state index is 0.0226. The quantitative estimate of drug-likeness (QED) is 0.453. The molecule has 0 aliphatic rings. The Balaban J connectivity index is 1.97. The topological polar surface area (TPSA) is 134 Å². The molecule has 0 unspecified atom stereocenters. The molecule has 9 heteroatoms. The van der Waals surface area contributed by atoms with Crippen molar-refractivity contribution in [1.29, 1.82) is 5.26 Å². The summed E-state index contributed by atoms with van der Waals surface area (Å²) in [5.41, 5.74) is 0.844. The van der Waals surface area contributed by atoms with E-state index in [0.717, 1.165) is 0 Å². The molecule has 2 aromatic carbocycles. The number of anilines is 2. The van der Waals surface area contributed by atoms with E-state index in [1.165, 1.54) is 24.3 Å². The number of nitro benzene ring substituents is 2. The summed E-state index contributed by atoms with van der Waals surface area (Å²) in [6.45, 7) is 0.741. The van der Waals surface area contributed by atoms with Crippen LogP contribution in [0, 0.1) is 31.6 Å². The van der Waals surface area contributed by atoms with E-state index in [1.54, 1.807) is 18.2 Å². The maximum absolute atomic E-state index is 10.9. The number of nitro groups is 2. The van der Waals surface area contributed by atoms with Crippen LogP contribution in [0.2, 0.25) is 0 Å². The highest BCUT2D eigenvalue weighted by Gasteiger charge is 2.12. The lowest BCUT2D eigenvalue weighted by Gasteiger charge is -2.10. The van der Waals surface area contributed by atoms with Crippen molar-refractivity contribution in [2.75, 3.05) is 23.7 Å². The first-order chi connectivity index (χ1) is 11.5. The van der Waals surface area contributed by atoms with Crippen molar-refractivity contribution in [2.24, 2.45) is 0 Å². The van der Waals surface area contributed by atoms with E-state index >= 15 is 0 Å². The number of benzene rings is 2. The molecule has 0 atom stereocenters. The first-order valence-electron chi connectivity index (χ1n) is 6.92. The molecule has 0 aromatic heterocycles. The molecule has 24 heavy (non-hydrogen) atoms. The predicted molar refractivity (Wildman–Crippen MR) is 87.9 cm³/mol. The normalized spacial score (nSPS) is 9.79. The van der Waals surface area contributed by atoms with E-state index in [0.29, 0.717) is 24.5 Å². The zero-order valence-corrected chi connectivity index (χ0v) is 12.4. The van der Waals surface area contributed by atoms with Crippen LogP contribution in [0.3, 0.4) is 0 Å². The molecule has 0 saturated carbocycles. The lowest BCUT2D eigenvalue weighted by atomic mass is 10.1. The average Bonchev–Trinajstić information content (AvgIpc) is 2.58. The van der Waals surface area contributed by atoms with E-state index in [4.69, 9.17) is 5.26 Å². The molecule has 0 saturated heterocycles. The summed E-state index contributed by atoms with van der Waals surface area (Å²) in [5.74, 6) is 0. The second kappa shape index (κ2) is 7.55. The fourth-order valence-corrected chi connectivity index (χ4v) is 2.07. The molecular weight excluding hydrogens is 314 g/mol. The lowest BCUT2D eigenvalue weighted by molar-refractivity contribution is -0.384. The summed E-state index contributed by atoms with van der Waals surface area (Å²) < 4.78 is 0. The zero-order chi connectivity index (χ0) is 17.5. The third-order valence-electron chi connectivity index (χ3n) is 3.19. The van der Waals surface area contributed by atoms with Crippen LogP contribution < -0.4 is 10.6 Å². The second-order valence-corrected chi connectivity index (χ2v) is 4.73. The molecule has 2 aromatic rings. The van der Waals surface area contributed by atoms with Gasteiger partial charge in [-0.25, -0.2) is 0 Å². The van der Waals surface area contributed by atoms with Crippen LogP contribution in [0.4, 0.5) is 22.7 Å². The lowest BCUT2D eigenvalue weighted by Crippen LogP contribution is -2.15. The number of nitrogens with zero attached hydrogens (tertiary/aromatic N) is 3. The Labute approximate surface area is 136 Å². The summed E-state index contributed by atoms with van der Waals surface area (Å²) in [7, 11) is 0. The van der Waals surface area contributed by atoms with Crippen molar-refractivity contribution >= 4 is 22.7 Å². The molecular formula is C15H13N5O4. The number of hydrogen-bond donors (Lipinski definition) is 2. The van der Waals surface area contributed by atoms with Crippen LogP contribution in [0.1, 0.15) is 5.56 Å². The minimum atomic E-state index is -0.569. The van der Waals surface area contributed by atoms with Gasteiger partial charge in [0.05, 0.1) is 21.1 Å². The van der Waals surface area contributed by atoms with Gasteiger partial charge in [-0.15, -0.1) is 0 Å². The van der Waals surface area contributed by atoms with Crippen LogP contribution in [-0.4, -0.2) is 22.9 Å². The smallest absolute Gasteiger partial charge is 0.292 e. The Morgan fingerprint density at radius 1 is 0.958 bits per heavy atom. The molecule has 2 rings (SSSR count). The maximum atomic E-state index is 10.9. The first kappa shape index (κ1) is 16.7. The molecule has 9 nitrogen and oxygen atoms in total. The highest BCUT2D eigenvalue weighted by atomic mass is 16.6. The third kappa shape index (κ3) is 3.95. The number of rotatable bonds is 7. The highest BCUT2D eigenvalue weighted by Crippen LogP contribution is 2.23. The Morgan fingerprint density at radius 3 is 2.25 bits per heavy atom. The number of nitriles is 1. The standard InChI is InChI=1S/C15H13N5O4/c16-10-11-9-12(19(21)22)5-6-13(11)17-7-8-18-14-3-1-2-4-15(14)20(23)24/h1-6,9,17-18H,7-8H2. The SMILES string of the molecule is N#Cc1cc([N+](=O)[O-])ccc1NCCNc1ccccc1[N+](=O)[O-]. The van der Waals surface area contributed by atoms with Gasteiger partial charge in [-0.05, 0) is 12.1 Å². The van der Waals surface area contributed by atoms with Crippen LogP contribution >= 0.6 is 0 Å².